The molecule has 2 rings (SSSR count). The molecule has 0 amide bonds. The standard InChI is InChI=1S/C11H15FN2/c1-11(3-2-10(13)5-11)8-4-9(12)7-14-6-8/h4,6-7,10H,2-3,5,13H2,1H3. The van der Waals surface area contributed by atoms with Crippen molar-refractivity contribution in [1.82, 2.24) is 4.98 Å². The van der Waals surface area contributed by atoms with Gasteiger partial charge in [0.25, 0.3) is 0 Å². The van der Waals surface area contributed by atoms with E-state index < -0.39 is 0 Å². The second-order valence-electron chi connectivity index (χ2n) is 4.46. The molecule has 1 saturated carbocycles. The molecular formula is C11H15FN2. The second-order valence-corrected chi connectivity index (χ2v) is 4.46. The highest BCUT2D eigenvalue weighted by Crippen LogP contribution is 2.39. The number of halogens is 1. The minimum absolute atomic E-state index is 0.0223. The van der Waals surface area contributed by atoms with Crippen LogP contribution in [0.5, 0.6) is 0 Å². The molecule has 1 fully saturated rings. The van der Waals surface area contributed by atoms with Crippen molar-refractivity contribution in [2.24, 2.45) is 5.73 Å². The summed E-state index contributed by atoms with van der Waals surface area (Å²) in [4.78, 5) is 3.88. The SMILES string of the molecule is CC1(c2cncc(F)c2)CCC(N)C1. The summed E-state index contributed by atoms with van der Waals surface area (Å²) < 4.78 is 13.0. The van der Waals surface area contributed by atoms with Crippen LogP contribution in [-0.4, -0.2) is 11.0 Å². The zero-order valence-electron chi connectivity index (χ0n) is 8.33. The molecule has 1 aliphatic carbocycles. The number of rotatable bonds is 1. The van der Waals surface area contributed by atoms with E-state index in [9.17, 15) is 4.39 Å². The van der Waals surface area contributed by atoms with Gasteiger partial charge in [0.15, 0.2) is 0 Å². The van der Waals surface area contributed by atoms with Gasteiger partial charge in [-0.3, -0.25) is 4.98 Å². The molecule has 76 valence electrons. The lowest BCUT2D eigenvalue weighted by Crippen LogP contribution is -2.22. The lowest BCUT2D eigenvalue weighted by Gasteiger charge is -2.23. The molecule has 1 aromatic heterocycles. The van der Waals surface area contributed by atoms with Crippen molar-refractivity contribution >= 4 is 0 Å². The molecule has 0 radical (unpaired) electrons. The highest BCUT2D eigenvalue weighted by Gasteiger charge is 2.35. The van der Waals surface area contributed by atoms with E-state index in [1.165, 1.54) is 6.20 Å². The highest BCUT2D eigenvalue weighted by molar-refractivity contribution is 5.23. The van der Waals surface area contributed by atoms with Crippen molar-refractivity contribution in [2.45, 2.75) is 37.6 Å². The van der Waals surface area contributed by atoms with Crippen LogP contribution < -0.4 is 5.73 Å². The normalized spacial score (nSPS) is 32.1. The molecule has 2 N–H and O–H groups in total. The van der Waals surface area contributed by atoms with E-state index >= 15 is 0 Å². The largest absolute Gasteiger partial charge is 0.328 e. The number of aromatic nitrogens is 1. The Morgan fingerprint density at radius 3 is 2.93 bits per heavy atom. The molecule has 0 saturated heterocycles. The lowest BCUT2D eigenvalue weighted by atomic mass is 9.82. The molecule has 2 unspecified atom stereocenters. The van der Waals surface area contributed by atoms with Crippen LogP contribution in [0.3, 0.4) is 0 Å². The molecule has 0 bridgehead atoms. The van der Waals surface area contributed by atoms with Crippen molar-refractivity contribution in [2.75, 3.05) is 0 Å². The van der Waals surface area contributed by atoms with Crippen molar-refractivity contribution in [3.05, 3.63) is 29.8 Å². The van der Waals surface area contributed by atoms with Gasteiger partial charge in [0.05, 0.1) is 6.20 Å². The zero-order valence-corrected chi connectivity index (χ0v) is 8.33. The monoisotopic (exact) mass is 194 g/mol. The first-order valence-corrected chi connectivity index (χ1v) is 4.97. The smallest absolute Gasteiger partial charge is 0.141 e. The number of nitrogens with two attached hydrogens (primary N) is 1. The fraction of sp³-hybridized carbons (Fsp3) is 0.545. The van der Waals surface area contributed by atoms with E-state index in [-0.39, 0.29) is 17.3 Å². The Morgan fingerprint density at radius 1 is 1.57 bits per heavy atom. The van der Waals surface area contributed by atoms with Crippen molar-refractivity contribution in [3.8, 4) is 0 Å². The van der Waals surface area contributed by atoms with E-state index in [0.717, 1.165) is 24.8 Å². The topological polar surface area (TPSA) is 38.9 Å². The van der Waals surface area contributed by atoms with Gasteiger partial charge in [-0.1, -0.05) is 6.92 Å². The van der Waals surface area contributed by atoms with Gasteiger partial charge < -0.3 is 5.73 Å². The summed E-state index contributed by atoms with van der Waals surface area (Å²) in [5, 5.41) is 0. The molecule has 3 heteroatoms. The third-order valence-corrected chi connectivity index (χ3v) is 3.18. The number of pyridine rings is 1. The third kappa shape index (κ3) is 1.64. The Balaban J connectivity index is 2.30. The lowest BCUT2D eigenvalue weighted by molar-refractivity contribution is 0.475. The highest BCUT2D eigenvalue weighted by atomic mass is 19.1. The predicted octanol–water partition coefficient (Wildman–Crippen LogP) is 1.99. The maximum atomic E-state index is 13.0. The molecule has 1 heterocycles. The first-order valence-electron chi connectivity index (χ1n) is 4.97. The number of hydrogen-bond donors (Lipinski definition) is 1. The van der Waals surface area contributed by atoms with Crippen LogP contribution in [0.25, 0.3) is 0 Å². The Labute approximate surface area is 83.3 Å². The molecule has 0 aromatic carbocycles. The fourth-order valence-electron chi connectivity index (χ4n) is 2.29. The molecular weight excluding hydrogens is 179 g/mol. The maximum Gasteiger partial charge on any atom is 0.141 e. The summed E-state index contributed by atoms with van der Waals surface area (Å²) in [5.41, 5.74) is 6.87. The van der Waals surface area contributed by atoms with Crippen LogP contribution in [0, 0.1) is 5.82 Å². The van der Waals surface area contributed by atoms with Gasteiger partial charge in [-0.25, -0.2) is 4.39 Å². The van der Waals surface area contributed by atoms with Crippen LogP contribution in [0.2, 0.25) is 0 Å². The van der Waals surface area contributed by atoms with Crippen LogP contribution in [0.4, 0.5) is 4.39 Å². The quantitative estimate of drug-likeness (QED) is 0.742. The molecule has 1 aliphatic rings. The van der Waals surface area contributed by atoms with Crippen LogP contribution in [0.15, 0.2) is 18.5 Å². The fourth-order valence-corrected chi connectivity index (χ4v) is 2.29. The Kier molecular flexibility index (Phi) is 2.27. The second kappa shape index (κ2) is 3.31. The van der Waals surface area contributed by atoms with Gasteiger partial charge in [0.2, 0.25) is 0 Å². The maximum absolute atomic E-state index is 13.0. The summed E-state index contributed by atoms with van der Waals surface area (Å²) in [6.45, 7) is 2.14. The predicted molar refractivity (Wildman–Crippen MR) is 53.4 cm³/mol. The van der Waals surface area contributed by atoms with E-state index in [4.69, 9.17) is 5.73 Å². The summed E-state index contributed by atoms with van der Waals surface area (Å²) in [5.74, 6) is -0.260. The van der Waals surface area contributed by atoms with Gasteiger partial charge in [-0.2, -0.15) is 0 Å². The van der Waals surface area contributed by atoms with Gasteiger partial charge in [0, 0.05) is 12.2 Å². The van der Waals surface area contributed by atoms with Crippen LogP contribution >= 0.6 is 0 Å². The molecule has 1 aromatic rings. The Hall–Kier alpha value is -0.960. The summed E-state index contributed by atoms with van der Waals surface area (Å²) in [6, 6.07) is 1.83. The van der Waals surface area contributed by atoms with E-state index in [1.807, 2.05) is 0 Å². The molecule has 2 nitrogen and oxygen atoms in total. The molecule has 0 aliphatic heterocycles. The first kappa shape index (κ1) is 9.59. The third-order valence-electron chi connectivity index (χ3n) is 3.18. The van der Waals surface area contributed by atoms with Crippen molar-refractivity contribution < 1.29 is 4.39 Å². The first-order chi connectivity index (χ1) is 6.60. The van der Waals surface area contributed by atoms with Gasteiger partial charge >= 0.3 is 0 Å². The minimum atomic E-state index is -0.260. The average Bonchev–Trinajstić information content (AvgIpc) is 2.48. The minimum Gasteiger partial charge on any atom is -0.328 e. The summed E-state index contributed by atoms with van der Waals surface area (Å²) in [6.07, 6.45) is 5.97. The Morgan fingerprint density at radius 2 is 2.36 bits per heavy atom. The Bertz CT molecular complexity index is 340. The van der Waals surface area contributed by atoms with Crippen molar-refractivity contribution in [3.63, 3.8) is 0 Å². The van der Waals surface area contributed by atoms with E-state index in [0.29, 0.717) is 0 Å². The van der Waals surface area contributed by atoms with E-state index in [1.54, 1.807) is 12.3 Å². The molecule has 2 atom stereocenters. The summed E-state index contributed by atoms with van der Waals surface area (Å²) in [7, 11) is 0. The average molecular weight is 194 g/mol. The summed E-state index contributed by atoms with van der Waals surface area (Å²) >= 11 is 0. The van der Waals surface area contributed by atoms with Gasteiger partial charge in [0.1, 0.15) is 5.82 Å². The molecule has 14 heavy (non-hydrogen) atoms. The van der Waals surface area contributed by atoms with Crippen molar-refractivity contribution in [1.29, 1.82) is 0 Å². The number of nitrogens with zero attached hydrogens (tertiary/aromatic N) is 1. The van der Waals surface area contributed by atoms with Crippen LogP contribution in [-0.2, 0) is 5.41 Å². The van der Waals surface area contributed by atoms with Crippen LogP contribution in [0.1, 0.15) is 31.7 Å². The molecule has 0 spiro atoms. The number of hydrogen-bond acceptors (Lipinski definition) is 2. The van der Waals surface area contributed by atoms with Gasteiger partial charge in [-0.05, 0) is 36.3 Å². The zero-order chi connectivity index (χ0) is 10.2. The van der Waals surface area contributed by atoms with E-state index in [2.05, 4.69) is 11.9 Å². The van der Waals surface area contributed by atoms with Gasteiger partial charge in [-0.15, -0.1) is 0 Å².